The fourth-order valence-electron chi connectivity index (χ4n) is 3.16. The van der Waals surface area contributed by atoms with Gasteiger partial charge in [0.1, 0.15) is 5.00 Å². The van der Waals surface area contributed by atoms with Crippen LogP contribution in [0, 0.1) is 13.8 Å². The number of rotatable bonds is 5. The molecular weight excluding hydrogens is 400 g/mol. The quantitative estimate of drug-likeness (QED) is 0.628. The highest BCUT2D eigenvalue weighted by Crippen LogP contribution is 2.34. The van der Waals surface area contributed by atoms with Crippen molar-refractivity contribution in [3.05, 3.63) is 87.8 Å². The summed E-state index contributed by atoms with van der Waals surface area (Å²) in [4.78, 5) is 38.3. The topological polar surface area (TPSA) is 84.5 Å². The van der Waals surface area contributed by atoms with Crippen LogP contribution < -0.4 is 10.6 Å². The van der Waals surface area contributed by atoms with Crippen LogP contribution in [0.25, 0.3) is 0 Å². The average Bonchev–Trinajstić information content (AvgIpc) is 3.02. The first-order valence-corrected chi connectivity index (χ1v) is 10.1. The molecule has 0 spiro atoms. The predicted octanol–water partition coefficient (Wildman–Crippen LogP) is 4.63. The van der Waals surface area contributed by atoms with Crippen molar-refractivity contribution >= 4 is 34.2 Å². The smallest absolute Gasteiger partial charge is 0.413 e. The van der Waals surface area contributed by atoms with E-state index in [1.807, 2.05) is 67.6 Å². The minimum absolute atomic E-state index is 0.260. The molecular formula is C23H22N2O4S. The van der Waals surface area contributed by atoms with Crippen molar-refractivity contribution in [2.45, 2.75) is 19.8 Å². The summed E-state index contributed by atoms with van der Waals surface area (Å²) in [6, 6.07) is 18.9. The summed E-state index contributed by atoms with van der Waals surface area (Å²) in [5, 5.41) is 5.47. The number of carbonyl (C=O) groups excluding carboxylic acids is 3. The summed E-state index contributed by atoms with van der Waals surface area (Å²) in [7, 11) is 1.18. The molecule has 0 unspecified atom stereocenters. The first-order valence-electron chi connectivity index (χ1n) is 9.32. The van der Waals surface area contributed by atoms with Gasteiger partial charge in [0.25, 0.3) is 5.91 Å². The lowest BCUT2D eigenvalue weighted by Crippen LogP contribution is -2.31. The molecule has 2 aromatic carbocycles. The predicted molar refractivity (Wildman–Crippen MR) is 117 cm³/mol. The standard InChI is InChI=1S/C23H22N2O4S/c1-14-15(2)30-22(18(14)20(26)25-23(28)29-3)24-21(27)19(16-10-6-4-7-11-16)17-12-8-5-9-13-17/h4-13,19H,1-3H3,(H,24,27)(H,25,26,28). The Morgan fingerprint density at radius 1 is 0.900 bits per heavy atom. The molecule has 3 aromatic rings. The minimum atomic E-state index is -0.855. The highest BCUT2D eigenvalue weighted by atomic mass is 32.1. The number of carbonyl (C=O) groups is 3. The van der Waals surface area contributed by atoms with E-state index in [1.54, 1.807) is 6.92 Å². The average molecular weight is 423 g/mol. The monoisotopic (exact) mass is 422 g/mol. The summed E-state index contributed by atoms with van der Waals surface area (Å²) in [6.07, 6.45) is -0.855. The molecule has 7 heteroatoms. The Bertz CT molecular complexity index is 1020. The van der Waals surface area contributed by atoms with E-state index in [2.05, 4.69) is 15.4 Å². The molecule has 0 fully saturated rings. The number of ether oxygens (including phenoxy) is 1. The molecule has 30 heavy (non-hydrogen) atoms. The van der Waals surface area contributed by atoms with Crippen molar-refractivity contribution in [3.8, 4) is 0 Å². The molecule has 0 aliphatic heterocycles. The Morgan fingerprint density at radius 2 is 1.43 bits per heavy atom. The van der Waals surface area contributed by atoms with Crippen molar-refractivity contribution in [1.82, 2.24) is 5.32 Å². The number of alkyl carbamates (subject to hydrolysis) is 1. The van der Waals surface area contributed by atoms with Gasteiger partial charge in [0.05, 0.1) is 18.6 Å². The maximum absolute atomic E-state index is 13.4. The molecule has 154 valence electrons. The Morgan fingerprint density at radius 3 is 1.93 bits per heavy atom. The van der Waals surface area contributed by atoms with E-state index in [0.29, 0.717) is 10.6 Å². The lowest BCUT2D eigenvalue weighted by molar-refractivity contribution is -0.116. The Balaban J connectivity index is 1.96. The lowest BCUT2D eigenvalue weighted by atomic mass is 9.90. The van der Waals surface area contributed by atoms with E-state index in [4.69, 9.17) is 0 Å². The normalized spacial score (nSPS) is 10.5. The highest BCUT2D eigenvalue weighted by molar-refractivity contribution is 7.16. The third-order valence-corrected chi connectivity index (χ3v) is 5.90. The van der Waals surface area contributed by atoms with Gasteiger partial charge in [-0.2, -0.15) is 0 Å². The van der Waals surface area contributed by atoms with Crippen LogP contribution in [0.15, 0.2) is 60.7 Å². The number of methoxy groups -OCH3 is 1. The van der Waals surface area contributed by atoms with Gasteiger partial charge >= 0.3 is 6.09 Å². The zero-order chi connectivity index (χ0) is 21.7. The largest absolute Gasteiger partial charge is 0.453 e. The van der Waals surface area contributed by atoms with Crippen LogP contribution in [-0.2, 0) is 9.53 Å². The fraction of sp³-hybridized carbons (Fsp3) is 0.174. The Kier molecular flexibility index (Phi) is 6.64. The Labute approximate surface area is 178 Å². The van der Waals surface area contributed by atoms with E-state index in [9.17, 15) is 14.4 Å². The van der Waals surface area contributed by atoms with Crippen LogP contribution in [0.3, 0.4) is 0 Å². The second kappa shape index (κ2) is 9.37. The highest BCUT2D eigenvalue weighted by Gasteiger charge is 2.27. The van der Waals surface area contributed by atoms with E-state index in [0.717, 1.165) is 16.0 Å². The van der Waals surface area contributed by atoms with Crippen LogP contribution >= 0.6 is 11.3 Å². The van der Waals surface area contributed by atoms with Gasteiger partial charge in [0.15, 0.2) is 0 Å². The molecule has 0 radical (unpaired) electrons. The maximum atomic E-state index is 13.4. The van der Waals surface area contributed by atoms with E-state index in [-0.39, 0.29) is 11.5 Å². The molecule has 0 bridgehead atoms. The number of aryl methyl sites for hydroxylation is 1. The molecule has 0 aliphatic rings. The molecule has 0 aliphatic carbocycles. The number of hydrogen-bond donors (Lipinski definition) is 2. The van der Waals surface area contributed by atoms with Crippen LogP contribution in [0.5, 0.6) is 0 Å². The van der Waals surface area contributed by atoms with Gasteiger partial charge in [0.2, 0.25) is 5.91 Å². The van der Waals surface area contributed by atoms with Crippen molar-refractivity contribution in [2.75, 3.05) is 12.4 Å². The Hall–Kier alpha value is -3.45. The number of imide groups is 1. The maximum Gasteiger partial charge on any atom is 0.413 e. The SMILES string of the molecule is COC(=O)NC(=O)c1c(NC(=O)C(c2ccccc2)c2ccccc2)sc(C)c1C. The number of benzene rings is 2. The van der Waals surface area contributed by atoms with E-state index >= 15 is 0 Å². The second-order valence-corrected chi connectivity index (χ2v) is 7.90. The van der Waals surface area contributed by atoms with Crippen LogP contribution in [-0.4, -0.2) is 25.0 Å². The van der Waals surface area contributed by atoms with Crippen molar-refractivity contribution in [3.63, 3.8) is 0 Å². The van der Waals surface area contributed by atoms with Crippen LogP contribution in [0.4, 0.5) is 9.80 Å². The van der Waals surface area contributed by atoms with E-state index in [1.165, 1.54) is 18.4 Å². The summed E-state index contributed by atoms with van der Waals surface area (Å²) < 4.78 is 4.51. The van der Waals surface area contributed by atoms with Gasteiger partial charge in [-0.15, -0.1) is 11.3 Å². The first kappa shape index (κ1) is 21.3. The van der Waals surface area contributed by atoms with Gasteiger partial charge in [-0.1, -0.05) is 60.7 Å². The van der Waals surface area contributed by atoms with Crippen LogP contribution in [0.1, 0.15) is 37.8 Å². The molecule has 0 saturated heterocycles. The molecule has 3 amide bonds. The number of anilines is 1. The van der Waals surface area contributed by atoms with Gasteiger partial charge < -0.3 is 10.1 Å². The number of amides is 3. The van der Waals surface area contributed by atoms with Gasteiger partial charge in [-0.25, -0.2) is 4.79 Å². The molecule has 0 saturated carbocycles. The number of thiophene rings is 1. The zero-order valence-electron chi connectivity index (χ0n) is 16.9. The third kappa shape index (κ3) is 4.58. The molecule has 1 heterocycles. The molecule has 2 N–H and O–H groups in total. The molecule has 1 aromatic heterocycles. The molecule has 0 atom stereocenters. The second-order valence-electron chi connectivity index (χ2n) is 6.68. The third-order valence-electron chi connectivity index (χ3n) is 4.78. The summed E-state index contributed by atoms with van der Waals surface area (Å²) in [5.74, 6) is -1.43. The van der Waals surface area contributed by atoms with Crippen molar-refractivity contribution < 1.29 is 19.1 Å². The summed E-state index contributed by atoms with van der Waals surface area (Å²) in [5.41, 5.74) is 2.64. The zero-order valence-corrected chi connectivity index (χ0v) is 17.7. The minimum Gasteiger partial charge on any atom is -0.453 e. The van der Waals surface area contributed by atoms with Gasteiger partial charge in [-0.3, -0.25) is 14.9 Å². The van der Waals surface area contributed by atoms with Crippen LogP contribution in [0.2, 0.25) is 0 Å². The molecule has 6 nitrogen and oxygen atoms in total. The first-order chi connectivity index (χ1) is 14.4. The summed E-state index contributed by atoms with van der Waals surface area (Å²) in [6.45, 7) is 3.63. The van der Waals surface area contributed by atoms with Gasteiger partial charge in [0, 0.05) is 4.88 Å². The van der Waals surface area contributed by atoms with E-state index < -0.39 is 17.9 Å². The van der Waals surface area contributed by atoms with Gasteiger partial charge in [-0.05, 0) is 30.5 Å². The number of nitrogens with one attached hydrogen (secondary N) is 2. The lowest BCUT2D eigenvalue weighted by Gasteiger charge is -2.18. The molecule has 3 rings (SSSR count). The van der Waals surface area contributed by atoms with Crippen molar-refractivity contribution in [1.29, 1.82) is 0 Å². The summed E-state index contributed by atoms with van der Waals surface area (Å²) >= 11 is 1.30. The number of hydrogen-bond acceptors (Lipinski definition) is 5. The van der Waals surface area contributed by atoms with Crippen molar-refractivity contribution in [2.24, 2.45) is 0 Å². The fourth-order valence-corrected chi connectivity index (χ4v) is 4.23.